The molecule has 0 aliphatic rings. The largest absolute Gasteiger partial charge is 0.302 e. The topological polar surface area (TPSA) is 35.8 Å². The van der Waals surface area contributed by atoms with Crippen LogP contribution in [0.2, 0.25) is 0 Å². The summed E-state index contributed by atoms with van der Waals surface area (Å²) in [6, 6.07) is 10.6. The Labute approximate surface area is 91.9 Å². The van der Waals surface area contributed by atoms with Gasteiger partial charge in [-0.15, -0.1) is 0 Å². The van der Waals surface area contributed by atoms with Crippen molar-refractivity contribution in [1.29, 1.82) is 5.26 Å². The van der Waals surface area contributed by atoms with Crippen molar-refractivity contribution in [3.63, 3.8) is 0 Å². The highest BCUT2D eigenvalue weighted by molar-refractivity contribution is 5.25. The van der Waals surface area contributed by atoms with Gasteiger partial charge >= 0.3 is 0 Å². The Balaban J connectivity index is 2.39. The molecule has 0 spiro atoms. The van der Waals surface area contributed by atoms with E-state index in [1.165, 1.54) is 11.1 Å². The number of hydrogen-bond donors (Lipinski definition) is 1. The lowest BCUT2D eigenvalue weighted by Crippen LogP contribution is -2.28. The van der Waals surface area contributed by atoms with Crippen molar-refractivity contribution in [3.8, 4) is 6.07 Å². The maximum Gasteiger partial charge on any atom is 0.0950 e. The van der Waals surface area contributed by atoms with Gasteiger partial charge in [-0.25, -0.2) is 0 Å². The van der Waals surface area contributed by atoms with E-state index in [4.69, 9.17) is 5.26 Å². The average molecular weight is 202 g/mol. The number of nitrogens with zero attached hydrogens (tertiary/aromatic N) is 1. The zero-order chi connectivity index (χ0) is 11.1. The molecule has 0 aliphatic carbocycles. The van der Waals surface area contributed by atoms with E-state index in [-0.39, 0.29) is 6.04 Å². The van der Waals surface area contributed by atoms with Gasteiger partial charge in [-0.2, -0.15) is 5.26 Å². The standard InChI is InChI=1S/C13H18N2/c1-3-13(10-14)15-9-8-12-7-5-4-6-11(12)2/h4-7,13,15H,3,8-9H2,1-2H3. The first-order valence-electron chi connectivity index (χ1n) is 5.45. The number of rotatable bonds is 5. The fourth-order valence-electron chi connectivity index (χ4n) is 1.55. The number of nitrogens with one attached hydrogen (secondary N) is 1. The van der Waals surface area contributed by atoms with Gasteiger partial charge in [0.25, 0.3) is 0 Å². The van der Waals surface area contributed by atoms with Gasteiger partial charge in [0.1, 0.15) is 0 Å². The summed E-state index contributed by atoms with van der Waals surface area (Å²) < 4.78 is 0. The normalized spacial score (nSPS) is 12.1. The number of nitriles is 1. The van der Waals surface area contributed by atoms with E-state index in [9.17, 15) is 0 Å². The second-order valence-electron chi connectivity index (χ2n) is 3.72. The van der Waals surface area contributed by atoms with Gasteiger partial charge in [0.15, 0.2) is 0 Å². The number of benzene rings is 1. The molecule has 2 heteroatoms. The van der Waals surface area contributed by atoms with Crippen LogP contribution < -0.4 is 5.32 Å². The van der Waals surface area contributed by atoms with Crippen molar-refractivity contribution in [2.75, 3.05) is 6.54 Å². The Morgan fingerprint density at radius 1 is 1.40 bits per heavy atom. The Morgan fingerprint density at radius 2 is 2.13 bits per heavy atom. The molecule has 1 aromatic carbocycles. The summed E-state index contributed by atoms with van der Waals surface area (Å²) in [7, 11) is 0. The van der Waals surface area contributed by atoms with Gasteiger partial charge in [0.2, 0.25) is 0 Å². The second-order valence-corrected chi connectivity index (χ2v) is 3.72. The lowest BCUT2D eigenvalue weighted by Gasteiger charge is -2.09. The SMILES string of the molecule is CCC(C#N)NCCc1ccccc1C. The van der Waals surface area contributed by atoms with Gasteiger partial charge in [0, 0.05) is 6.54 Å². The molecule has 0 saturated carbocycles. The third-order valence-electron chi connectivity index (χ3n) is 2.61. The van der Waals surface area contributed by atoms with Crippen LogP contribution in [0.5, 0.6) is 0 Å². The van der Waals surface area contributed by atoms with Crippen LogP contribution in [-0.2, 0) is 6.42 Å². The highest BCUT2D eigenvalue weighted by Gasteiger charge is 2.02. The van der Waals surface area contributed by atoms with E-state index < -0.39 is 0 Å². The van der Waals surface area contributed by atoms with Crippen LogP contribution in [0.4, 0.5) is 0 Å². The van der Waals surface area contributed by atoms with Crippen molar-refractivity contribution in [2.45, 2.75) is 32.7 Å². The molecule has 0 radical (unpaired) electrons. The van der Waals surface area contributed by atoms with E-state index in [0.717, 1.165) is 19.4 Å². The van der Waals surface area contributed by atoms with E-state index in [1.807, 2.05) is 6.92 Å². The molecule has 1 aromatic rings. The van der Waals surface area contributed by atoms with E-state index in [1.54, 1.807) is 0 Å². The van der Waals surface area contributed by atoms with Crippen LogP contribution in [0.3, 0.4) is 0 Å². The molecular weight excluding hydrogens is 184 g/mol. The molecule has 0 aliphatic heterocycles. The Bertz CT molecular complexity index is 339. The molecule has 0 fully saturated rings. The van der Waals surface area contributed by atoms with Gasteiger partial charge < -0.3 is 5.32 Å². The van der Waals surface area contributed by atoms with Crippen LogP contribution in [0.25, 0.3) is 0 Å². The van der Waals surface area contributed by atoms with Crippen molar-refractivity contribution in [1.82, 2.24) is 5.32 Å². The Hall–Kier alpha value is -1.33. The van der Waals surface area contributed by atoms with Crippen LogP contribution in [0.15, 0.2) is 24.3 Å². The lowest BCUT2D eigenvalue weighted by molar-refractivity contribution is 0.588. The Morgan fingerprint density at radius 3 is 2.73 bits per heavy atom. The maximum absolute atomic E-state index is 8.77. The molecule has 1 atom stereocenters. The predicted octanol–water partition coefficient (Wildman–Crippen LogP) is 2.43. The summed E-state index contributed by atoms with van der Waals surface area (Å²) >= 11 is 0. The summed E-state index contributed by atoms with van der Waals surface area (Å²) in [6.07, 6.45) is 1.86. The predicted molar refractivity (Wildman–Crippen MR) is 62.6 cm³/mol. The Kier molecular flexibility index (Phi) is 4.86. The quantitative estimate of drug-likeness (QED) is 0.796. The van der Waals surface area contributed by atoms with Gasteiger partial charge in [-0.1, -0.05) is 31.2 Å². The molecule has 15 heavy (non-hydrogen) atoms. The third-order valence-corrected chi connectivity index (χ3v) is 2.61. The zero-order valence-corrected chi connectivity index (χ0v) is 9.46. The van der Waals surface area contributed by atoms with Crippen LogP contribution in [-0.4, -0.2) is 12.6 Å². The summed E-state index contributed by atoms with van der Waals surface area (Å²) in [5.74, 6) is 0. The van der Waals surface area contributed by atoms with Crippen molar-refractivity contribution in [3.05, 3.63) is 35.4 Å². The monoisotopic (exact) mass is 202 g/mol. The summed E-state index contributed by atoms with van der Waals surface area (Å²) in [4.78, 5) is 0. The minimum atomic E-state index is -0.00554. The van der Waals surface area contributed by atoms with Crippen LogP contribution in [0, 0.1) is 18.3 Å². The minimum Gasteiger partial charge on any atom is -0.302 e. The molecule has 1 unspecified atom stereocenters. The van der Waals surface area contributed by atoms with Gasteiger partial charge in [0.05, 0.1) is 12.1 Å². The first kappa shape index (κ1) is 11.7. The highest BCUT2D eigenvalue weighted by atomic mass is 14.9. The number of aryl methyl sites for hydroxylation is 1. The van der Waals surface area contributed by atoms with Crippen molar-refractivity contribution in [2.24, 2.45) is 0 Å². The fraction of sp³-hybridized carbons (Fsp3) is 0.462. The average Bonchev–Trinajstić information content (AvgIpc) is 2.27. The first-order valence-corrected chi connectivity index (χ1v) is 5.45. The fourth-order valence-corrected chi connectivity index (χ4v) is 1.55. The summed E-state index contributed by atoms with van der Waals surface area (Å²) in [5.41, 5.74) is 2.68. The molecule has 1 rings (SSSR count). The summed E-state index contributed by atoms with van der Waals surface area (Å²) in [6.45, 7) is 5.02. The molecule has 2 nitrogen and oxygen atoms in total. The van der Waals surface area contributed by atoms with Crippen LogP contribution >= 0.6 is 0 Å². The smallest absolute Gasteiger partial charge is 0.0950 e. The van der Waals surface area contributed by atoms with Crippen molar-refractivity contribution >= 4 is 0 Å². The second kappa shape index (κ2) is 6.21. The molecule has 0 amide bonds. The molecule has 0 saturated heterocycles. The maximum atomic E-state index is 8.77. The van der Waals surface area contributed by atoms with E-state index >= 15 is 0 Å². The van der Waals surface area contributed by atoms with E-state index in [0.29, 0.717) is 0 Å². The third kappa shape index (κ3) is 3.73. The first-order chi connectivity index (χ1) is 7.27. The van der Waals surface area contributed by atoms with Gasteiger partial charge in [-0.05, 0) is 30.9 Å². The van der Waals surface area contributed by atoms with Crippen molar-refractivity contribution < 1.29 is 0 Å². The van der Waals surface area contributed by atoms with Crippen LogP contribution in [0.1, 0.15) is 24.5 Å². The molecule has 80 valence electrons. The lowest BCUT2D eigenvalue weighted by atomic mass is 10.1. The summed E-state index contributed by atoms with van der Waals surface area (Å²) in [5, 5.41) is 12.0. The molecule has 0 heterocycles. The zero-order valence-electron chi connectivity index (χ0n) is 9.46. The molecule has 0 aromatic heterocycles. The van der Waals surface area contributed by atoms with E-state index in [2.05, 4.69) is 42.6 Å². The minimum absolute atomic E-state index is 0.00554. The number of hydrogen-bond acceptors (Lipinski definition) is 2. The molecular formula is C13H18N2. The molecule has 0 bridgehead atoms. The van der Waals surface area contributed by atoms with Gasteiger partial charge in [-0.3, -0.25) is 0 Å². The highest BCUT2D eigenvalue weighted by Crippen LogP contribution is 2.06. The molecule has 1 N–H and O–H groups in total.